The van der Waals surface area contributed by atoms with Crippen LogP contribution < -0.4 is 0 Å². The molecule has 1 amide bonds. The third-order valence-electron chi connectivity index (χ3n) is 3.68. The fourth-order valence-corrected chi connectivity index (χ4v) is 3.10. The number of ether oxygens (including phenoxy) is 1. The minimum absolute atomic E-state index is 0.175. The van der Waals surface area contributed by atoms with Crippen molar-refractivity contribution in [3.63, 3.8) is 0 Å². The Morgan fingerprint density at radius 3 is 2.60 bits per heavy atom. The Morgan fingerprint density at radius 2 is 1.96 bits per heavy atom. The summed E-state index contributed by atoms with van der Waals surface area (Å²) >= 11 is 1.31. The number of rotatable bonds is 8. The van der Waals surface area contributed by atoms with E-state index in [0.29, 0.717) is 23.7 Å². The number of carbonyl (C=O) groups excluding carboxylic acids is 2. The number of carbonyl (C=O) groups is 2. The third-order valence-corrected chi connectivity index (χ3v) is 4.52. The molecule has 0 aliphatic carbocycles. The maximum Gasteiger partial charge on any atom is 0.357 e. The lowest BCUT2D eigenvalue weighted by Crippen LogP contribution is -2.31. The van der Waals surface area contributed by atoms with Crippen LogP contribution >= 0.6 is 11.3 Å². The smallest absolute Gasteiger partial charge is 0.357 e. The predicted molar refractivity (Wildman–Crippen MR) is 94.1 cm³/mol. The van der Waals surface area contributed by atoms with Crippen molar-refractivity contribution < 1.29 is 18.7 Å². The van der Waals surface area contributed by atoms with E-state index in [9.17, 15) is 14.0 Å². The van der Waals surface area contributed by atoms with E-state index in [1.807, 2.05) is 0 Å². The lowest BCUT2D eigenvalue weighted by atomic mass is 10.1. The molecule has 0 saturated heterocycles. The summed E-state index contributed by atoms with van der Waals surface area (Å²) in [6.45, 7) is 2.98. The Hall–Kier alpha value is -2.28. The molecule has 1 aromatic carbocycles. The monoisotopic (exact) mass is 364 g/mol. The van der Waals surface area contributed by atoms with Gasteiger partial charge >= 0.3 is 5.97 Å². The van der Waals surface area contributed by atoms with E-state index in [1.165, 1.54) is 42.7 Å². The molecule has 0 N–H and O–H groups in total. The first-order valence-electron chi connectivity index (χ1n) is 8.12. The van der Waals surface area contributed by atoms with Gasteiger partial charge in [-0.05, 0) is 30.7 Å². The summed E-state index contributed by atoms with van der Waals surface area (Å²) in [5.41, 5.74) is 0.674. The molecule has 0 radical (unpaired) electrons. The van der Waals surface area contributed by atoms with E-state index in [1.54, 1.807) is 10.3 Å². The number of halogens is 1. The number of esters is 1. The van der Waals surface area contributed by atoms with Crippen molar-refractivity contribution in [3.8, 4) is 0 Å². The molecule has 5 nitrogen and oxygen atoms in total. The number of thiazole rings is 1. The minimum Gasteiger partial charge on any atom is -0.464 e. The summed E-state index contributed by atoms with van der Waals surface area (Å²) in [4.78, 5) is 30.2. The zero-order chi connectivity index (χ0) is 18.2. The van der Waals surface area contributed by atoms with Gasteiger partial charge in [0.15, 0.2) is 5.69 Å². The van der Waals surface area contributed by atoms with Crippen LogP contribution in [-0.2, 0) is 11.3 Å². The Kier molecular flexibility index (Phi) is 7.06. The second-order valence-electron chi connectivity index (χ2n) is 5.56. The zero-order valence-electron chi connectivity index (χ0n) is 14.3. The Morgan fingerprint density at radius 1 is 1.24 bits per heavy atom. The third kappa shape index (κ3) is 5.35. The molecule has 134 valence electrons. The van der Waals surface area contributed by atoms with Crippen LogP contribution in [0.15, 0.2) is 29.6 Å². The van der Waals surface area contributed by atoms with Crippen LogP contribution in [0.3, 0.4) is 0 Å². The molecule has 0 spiro atoms. The lowest BCUT2D eigenvalue weighted by molar-refractivity contribution is 0.0594. The van der Waals surface area contributed by atoms with Crippen molar-refractivity contribution in [2.45, 2.75) is 32.7 Å². The Balaban J connectivity index is 2.14. The summed E-state index contributed by atoms with van der Waals surface area (Å²) in [7, 11) is 1.30. The average Bonchev–Trinajstić information content (AvgIpc) is 3.09. The van der Waals surface area contributed by atoms with Crippen molar-refractivity contribution >= 4 is 23.2 Å². The number of nitrogens with zero attached hydrogens (tertiary/aromatic N) is 2. The molecule has 0 atom stereocenters. The number of amides is 1. The molecular formula is C18H21FN2O3S. The Bertz CT molecular complexity index is 715. The van der Waals surface area contributed by atoms with Gasteiger partial charge in [0.2, 0.25) is 0 Å². The van der Waals surface area contributed by atoms with Crippen molar-refractivity contribution in [1.82, 2.24) is 9.88 Å². The first-order valence-corrected chi connectivity index (χ1v) is 9.00. The first-order chi connectivity index (χ1) is 12.0. The van der Waals surface area contributed by atoms with E-state index >= 15 is 0 Å². The van der Waals surface area contributed by atoms with Crippen molar-refractivity contribution in [2.75, 3.05) is 13.7 Å². The van der Waals surface area contributed by atoms with Gasteiger partial charge in [0.05, 0.1) is 13.7 Å². The van der Waals surface area contributed by atoms with Crippen LogP contribution in [0.25, 0.3) is 0 Å². The fourth-order valence-electron chi connectivity index (χ4n) is 2.33. The van der Waals surface area contributed by atoms with Gasteiger partial charge in [-0.2, -0.15) is 0 Å². The highest BCUT2D eigenvalue weighted by Crippen LogP contribution is 2.16. The normalized spacial score (nSPS) is 10.5. The molecule has 0 saturated carbocycles. The summed E-state index contributed by atoms with van der Waals surface area (Å²) < 4.78 is 17.7. The highest BCUT2D eigenvalue weighted by Gasteiger charge is 2.19. The zero-order valence-corrected chi connectivity index (χ0v) is 15.1. The van der Waals surface area contributed by atoms with Crippen LogP contribution in [-0.4, -0.2) is 35.4 Å². The van der Waals surface area contributed by atoms with Crippen LogP contribution in [0, 0.1) is 5.82 Å². The van der Waals surface area contributed by atoms with Gasteiger partial charge in [0.1, 0.15) is 10.8 Å². The van der Waals surface area contributed by atoms with Gasteiger partial charge in [0, 0.05) is 17.5 Å². The molecule has 2 aromatic rings. The lowest BCUT2D eigenvalue weighted by Gasteiger charge is -2.21. The average molecular weight is 364 g/mol. The Labute approximate surface area is 150 Å². The second-order valence-corrected chi connectivity index (χ2v) is 6.50. The van der Waals surface area contributed by atoms with Crippen LogP contribution in [0.2, 0.25) is 0 Å². The van der Waals surface area contributed by atoms with Crippen molar-refractivity contribution in [2.24, 2.45) is 0 Å². The maximum atomic E-state index is 13.1. The predicted octanol–water partition coefficient (Wildman–Crippen LogP) is 3.90. The quantitative estimate of drug-likeness (QED) is 0.526. The van der Waals surface area contributed by atoms with E-state index in [0.717, 1.165) is 19.3 Å². The van der Waals surface area contributed by atoms with Crippen LogP contribution in [0.1, 0.15) is 52.0 Å². The SMILES string of the molecule is CCCCCN(Cc1nc(C(=O)OC)cs1)C(=O)c1ccc(F)cc1. The number of aromatic nitrogens is 1. The number of hydrogen-bond donors (Lipinski definition) is 0. The van der Waals surface area contributed by atoms with Gasteiger partial charge < -0.3 is 9.64 Å². The van der Waals surface area contributed by atoms with Gasteiger partial charge in [-0.1, -0.05) is 19.8 Å². The summed E-state index contributed by atoms with van der Waals surface area (Å²) in [5.74, 6) is -1.05. The molecule has 0 aliphatic rings. The number of hydrogen-bond acceptors (Lipinski definition) is 5. The number of benzene rings is 1. The van der Waals surface area contributed by atoms with Gasteiger partial charge in [0.25, 0.3) is 5.91 Å². The van der Waals surface area contributed by atoms with E-state index < -0.39 is 5.97 Å². The van der Waals surface area contributed by atoms with E-state index in [4.69, 9.17) is 0 Å². The summed E-state index contributed by atoms with van der Waals surface area (Å²) in [6, 6.07) is 5.50. The standard InChI is InChI=1S/C18H21FN2O3S/c1-3-4-5-10-21(17(22)13-6-8-14(19)9-7-13)11-16-20-15(12-25-16)18(23)24-2/h6-9,12H,3-5,10-11H2,1-2H3. The molecular weight excluding hydrogens is 343 g/mol. The summed E-state index contributed by atoms with van der Waals surface area (Å²) in [6.07, 6.45) is 2.93. The molecule has 0 fully saturated rings. The molecule has 0 aliphatic heterocycles. The first kappa shape index (κ1) is 19.1. The molecule has 25 heavy (non-hydrogen) atoms. The minimum atomic E-state index is -0.495. The maximum absolute atomic E-state index is 13.1. The van der Waals surface area contributed by atoms with Crippen molar-refractivity contribution in [1.29, 1.82) is 0 Å². The molecule has 0 bridgehead atoms. The highest BCUT2D eigenvalue weighted by molar-refractivity contribution is 7.09. The fraction of sp³-hybridized carbons (Fsp3) is 0.389. The van der Waals surface area contributed by atoms with Gasteiger partial charge in [-0.15, -0.1) is 11.3 Å². The van der Waals surface area contributed by atoms with Crippen LogP contribution in [0.4, 0.5) is 4.39 Å². The highest BCUT2D eigenvalue weighted by atomic mass is 32.1. The molecule has 7 heteroatoms. The molecule has 1 heterocycles. The van der Waals surface area contributed by atoms with Gasteiger partial charge in [-0.3, -0.25) is 4.79 Å². The second kappa shape index (κ2) is 9.27. The molecule has 1 aromatic heterocycles. The largest absolute Gasteiger partial charge is 0.464 e. The van der Waals surface area contributed by atoms with Crippen molar-refractivity contribution in [3.05, 3.63) is 51.7 Å². The summed E-state index contributed by atoms with van der Waals surface area (Å²) in [5, 5.41) is 2.28. The molecule has 0 unspecified atom stereocenters. The number of methoxy groups -OCH3 is 1. The topological polar surface area (TPSA) is 59.5 Å². The van der Waals surface area contributed by atoms with E-state index in [2.05, 4.69) is 16.6 Å². The van der Waals surface area contributed by atoms with Gasteiger partial charge in [-0.25, -0.2) is 14.2 Å². The van der Waals surface area contributed by atoms with E-state index in [-0.39, 0.29) is 17.4 Å². The van der Waals surface area contributed by atoms with Crippen LogP contribution in [0.5, 0.6) is 0 Å². The number of unbranched alkanes of at least 4 members (excludes halogenated alkanes) is 2. The molecule has 2 rings (SSSR count).